The number of aromatic nitrogens is 10. The predicted molar refractivity (Wildman–Crippen MR) is 235 cm³/mol. The van der Waals surface area contributed by atoms with Crippen LogP contribution in [0, 0.1) is 41.5 Å². The Morgan fingerprint density at radius 3 is 2.00 bits per heavy atom. The third-order valence-electron chi connectivity index (χ3n) is 9.87. The summed E-state index contributed by atoms with van der Waals surface area (Å²) in [5.74, 6) is 1.52. The minimum absolute atomic E-state index is 0.755. The van der Waals surface area contributed by atoms with Gasteiger partial charge < -0.3 is 18.3 Å². The van der Waals surface area contributed by atoms with Crippen molar-refractivity contribution in [1.82, 2.24) is 47.5 Å². The van der Waals surface area contributed by atoms with Crippen LogP contribution in [0.4, 0.5) is 0 Å². The number of nitrogens with zero attached hydrogens (tertiary/aromatic N) is 10. The Labute approximate surface area is 349 Å². The Bertz CT molecular complexity index is 2800. The number of pyridine rings is 2. The fraction of sp³-hybridized carbons (Fsp3) is 0.208. The molecule has 304 valence electrons. The van der Waals surface area contributed by atoms with Gasteiger partial charge in [-0.1, -0.05) is 54.1 Å². The van der Waals surface area contributed by atoms with Crippen molar-refractivity contribution < 1.29 is 9.47 Å². The van der Waals surface area contributed by atoms with Gasteiger partial charge in [-0.15, -0.1) is 0 Å². The number of rotatable bonds is 0. The van der Waals surface area contributed by atoms with Gasteiger partial charge in [0, 0.05) is 79.6 Å². The average molecular weight is 799 g/mol. The van der Waals surface area contributed by atoms with Crippen molar-refractivity contribution in [2.24, 2.45) is 0 Å². The molecule has 0 saturated carbocycles. The number of hydrogen-bond acceptors (Lipinski definition) is 8. The summed E-state index contributed by atoms with van der Waals surface area (Å²) in [5, 5.41) is 0. The molecule has 2 aliphatic heterocycles. The van der Waals surface area contributed by atoms with Crippen molar-refractivity contribution in [1.29, 1.82) is 0 Å². The molecule has 0 spiro atoms. The third-order valence-corrected chi connectivity index (χ3v) is 9.87. The molecule has 60 heavy (non-hydrogen) atoms. The van der Waals surface area contributed by atoms with Crippen LogP contribution in [0.15, 0.2) is 147 Å². The Morgan fingerprint density at radius 1 is 0.450 bits per heavy atom. The predicted octanol–water partition coefficient (Wildman–Crippen LogP) is 9.41. The second-order valence-electron chi connectivity index (χ2n) is 14.7. The van der Waals surface area contributed by atoms with Gasteiger partial charge in [0.05, 0.1) is 32.6 Å². The van der Waals surface area contributed by atoms with Crippen molar-refractivity contribution in [3.63, 3.8) is 0 Å². The molecular weight excluding hydrogens is 749 g/mol. The van der Waals surface area contributed by atoms with Crippen molar-refractivity contribution in [3.05, 3.63) is 203 Å². The smallest absolute Gasteiger partial charge is 0.233 e. The van der Waals surface area contributed by atoms with Crippen molar-refractivity contribution >= 4 is 22.8 Å². The van der Waals surface area contributed by atoms with Crippen molar-refractivity contribution in [2.75, 3.05) is 0 Å². The molecule has 0 radical (unpaired) electrons. The first-order valence-electron chi connectivity index (χ1n) is 19.8. The first-order valence-corrected chi connectivity index (χ1v) is 19.8. The number of benzene rings is 2. The Hall–Kier alpha value is -7.02. The average Bonchev–Trinajstić information content (AvgIpc) is 4.13. The van der Waals surface area contributed by atoms with Gasteiger partial charge in [0.2, 0.25) is 11.6 Å². The van der Waals surface area contributed by atoms with E-state index in [9.17, 15) is 0 Å². The molecule has 2 aromatic carbocycles. The quantitative estimate of drug-likeness (QED) is 0.149. The van der Waals surface area contributed by atoms with Gasteiger partial charge in [-0.25, -0.2) is 29.9 Å². The lowest BCUT2D eigenvalue weighted by Crippen LogP contribution is -1.87. The van der Waals surface area contributed by atoms with E-state index in [1.807, 2.05) is 114 Å². The monoisotopic (exact) mass is 798 g/mol. The second kappa shape index (κ2) is 19.6. The normalized spacial score (nSPS) is 12.1. The van der Waals surface area contributed by atoms with Crippen molar-refractivity contribution in [3.8, 4) is 0 Å². The maximum atomic E-state index is 5.30. The molecule has 0 aliphatic carbocycles. The first kappa shape index (κ1) is 41.2. The molecule has 10 aromatic rings. The summed E-state index contributed by atoms with van der Waals surface area (Å²) in [6, 6.07) is 24.8. The lowest BCUT2D eigenvalue weighted by atomic mass is 10.1. The molecule has 0 saturated heterocycles. The van der Waals surface area contributed by atoms with Gasteiger partial charge in [0.15, 0.2) is 0 Å². The standard InChI is InChI=1S/2C9H10O.2C8H8N2.2C7H7N3/c1-7-2-3-8-5-10-6-9(8)4-7;1-7-3-2-4-8-5-10-6-9(7)8;1-7-2-3-8-9-4-5-10(8)6-7;1-7-6-9-8-4-2-3-5-10(7)8;1-6-4-9-7-8-2-3-10(7)5-6;1-6-5-9-7-8-3-2-4-10(6)7/h2*2-4H,5-6H2,1H3;2*2-6H,1H3;2*2-5H,1H3. The number of fused-ring (bicyclic) bond motifs is 6. The highest BCUT2D eigenvalue weighted by Crippen LogP contribution is 2.22. The first-order chi connectivity index (χ1) is 29.2. The number of ether oxygens (including phenoxy) is 2. The van der Waals surface area contributed by atoms with Gasteiger partial charge >= 0.3 is 0 Å². The minimum Gasteiger partial charge on any atom is -0.372 e. The molecule has 2 aliphatic rings. The van der Waals surface area contributed by atoms with E-state index >= 15 is 0 Å². The van der Waals surface area contributed by atoms with E-state index in [1.54, 1.807) is 18.6 Å². The van der Waals surface area contributed by atoms with Crippen LogP contribution in [-0.2, 0) is 35.9 Å². The van der Waals surface area contributed by atoms with Gasteiger partial charge in [-0.2, -0.15) is 0 Å². The zero-order valence-electron chi connectivity index (χ0n) is 35.0. The Morgan fingerprint density at radius 2 is 1.15 bits per heavy atom. The van der Waals surface area contributed by atoms with E-state index in [0.29, 0.717) is 0 Å². The summed E-state index contributed by atoms with van der Waals surface area (Å²) in [5.41, 5.74) is 14.9. The molecule has 0 fully saturated rings. The van der Waals surface area contributed by atoms with Crippen LogP contribution in [0.25, 0.3) is 22.8 Å². The SMILES string of the molecule is Cc1ccc2c(c1)COC2.Cc1ccc2nccn2c1.Cc1cccc2c1COC2.Cc1cnc2ccccn12.Cc1cnc2ncccn12.Cc1cnc2nccn2c1. The van der Waals surface area contributed by atoms with E-state index in [4.69, 9.17) is 9.47 Å². The summed E-state index contributed by atoms with van der Waals surface area (Å²) in [4.78, 5) is 24.5. The highest BCUT2D eigenvalue weighted by Gasteiger charge is 2.11. The van der Waals surface area contributed by atoms with Crippen LogP contribution >= 0.6 is 0 Å². The molecule has 8 aromatic heterocycles. The van der Waals surface area contributed by atoms with E-state index < -0.39 is 0 Å². The molecule has 0 unspecified atom stereocenters. The van der Waals surface area contributed by atoms with Crippen LogP contribution in [-0.4, -0.2) is 47.5 Å². The summed E-state index contributed by atoms with van der Waals surface area (Å²) in [7, 11) is 0. The van der Waals surface area contributed by atoms with E-state index in [0.717, 1.165) is 60.5 Å². The molecular formula is C48H50N10O2. The molecule has 0 amide bonds. The number of hydrogen-bond donors (Lipinski definition) is 0. The van der Waals surface area contributed by atoms with Crippen LogP contribution in [0.2, 0.25) is 0 Å². The molecule has 12 rings (SSSR count). The lowest BCUT2D eigenvalue weighted by Gasteiger charge is -1.98. The third kappa shape index (κ3) is 10.5. The van der Waals surface area contributed by atoms with E-state index in [2.05, 4.69) is 104 Å². The molecule has 0 bridgehead atoms. The van der Waals surface area contributed by atoms with Crippen LogP contribution in [0.5, 0.6) is 0 Å². The highest BCUT2D eigenvalue weighted by atomic mass is 16.5. The van der Waals surface area contributed by atoms with E-state index in [-0.39, 0.29) is 0 Å². The van der Waals surface area contributed by atoms with Crippen molar-refractivity contribution in [2.45, 2.75) is 68.0 Å². The van der Waals surface area contributed by atoms with Gasteiger partial charge in [-0.3, -0.25) is 8.80 Å². The fourth-order valence-electron chi connectivity index (χ4n) is 6.62. The number of aryl methyl sites for hydroxylation is 6. The second-order valence-corrected chi connectivity index (χ2v) is 14.7. The minimum atomic E-state index is 0.755. The molecule has 0 atom stereocenters. The summed E-state index contributed by atoms with van der Waals surface area (Å²) in [6.07, 6.45) is 22.6. The Balaban J connectivity index is 0.000000109. The zero-order chi connectivity index (χ0) is 41.8. The molecule has 12 nitrogen and oxygen atoms in total. The van der Waals surface area contributed by atoms with Gasteiger partial charge in [-0.05, 0) is 105 Å². The largest absolute Gasteiger partial charge is 0.372 e. The van der Waals surface area contributed by atoms with Gasteiger partial charge in [0.25, 0.3) is 0 Å². The summed E-state index contributed by atoms with van der Waals surface area (Å²) >= 11 is 0. The van der Waals surface area contributed by atoms with Crippen LogP contribution < -0.4 is 0 Å². The topological polar surface area (TPSA) is 113 Å². The fourth-order valence-corrected chi connectivity index (χ4v) is 6.62. The maximum absolute atomic E-state index is 5.30. The summed E-state index contributed by atoms with van der Waals surface area (Å²) < 4.78 is 18.5. The lowest BCUT2D eigenvalue weighted by molar-refractivity contribution is 0.134. The zero-order valence-corrected chi connectivity index (χ0v) is 35.0. The van der Waals surface area contributed by atoms with Crippen LogP contribution in [0.1, 0.15) is 55.9 Å². The maximum Gasteiger partial charge on any atom is 0.233 e. The Kier molecular flexibility index (Phi) is 13.5. The number of imidazole rings is 4. The summed E-state index contributed by atoms with van der Waals surface area (Å²) in [6.45, 7) is 15.6. The molecule has 0 N–H and O–H groups in total. The molecule has 12 heteroatoms. The van der Waals surface area contributed by atoms with Crippen LogP contribution in [0.3, 0.4) is 0 Å². The molecule has 10 heterocycles. The van der Waals surface area contributed by atoms with E-state index in [1.165, 1.54) is 44.6 Å². The highest BCUT2D eigenvalue weighted by molar-refractivity contribution is 5.40. The van der Waals surface area contributed by atoms with Gasteiger partial charge in [0.1, 0.15) is 11.3 Å².